The van der Waals surface area contributed by atoms with E-state index in [1.54, 1.807) is 41.5 Å². The summed E-state index contributed by atoms with van der Waals surface area (Å²) in [5, 5.41) is 0. The Morgan fingerprint density at radius 3 is 2.00 bits per heavy atom. The fraction of sp³-hybridized carbons (Fsp3) is 0.824. The van der Waals surface area contributed by atoms with Gasteiger partial charge in [-0.15, -0.1) is 0 Å². The molecule has 7 nitrogen and oxygen atoms in total. The molecule has 0 N–H and O–H groups in total. The lowest BCUT2D eigenvalue weighted by molar-refractivity contribution is -0.162. The van der Waals surface area contributed by atoms with Crippen LogP contribution < -0.4 is 0 Å². The minimum absolute atomic E-state index is 0.142. The Hall–Kier alpha value is -1.63. The van der Waals surface area contributed by atoms with Crippen molar-refractivity contribution >= 4 is 17.8 Å². The molecule has 0 radical (unpaired) electrons. The first-order valence-electron chi connectivity index (χ1n) is 8.11. The van der Waals surface area contributed by atoms with Crippen LogP contribution in [-0.2, 0) is 19.1 Å². The molecule has 1 rings (SSSR count). The van der Waals surface area contributed by atoms with Crippen molar-refractivity contribution in [1.29, 1.82) is 0 Å². The van der Waals surface area contributed by atoms with E-state index < -0.39 is 35.2 Å². The second-order valence-corrected chi connectivity index (χ2v) is 8.42. The molecule has 0 saturated carbocycles. The molecule has 1 fully saturated rings. The van der Waals surface area contributed by atoms with Gasteiger partial charge in [0.15, 0.2) is 5.78 Å². The maximum atomic E-state index is 12.6. The van der Waals surface area contributed by atoms with Crippen LogP contribution in [0.25, 0.3) is 0 Å². The highest BCUT2D eigenvalue weighted by Gasteiger charge is 2.50. The number of Topliss-reactive ketones (excluding diaryl/α,β-unsaturated/α-hetero) is 1. The molecule has 1 heterocycles. The van der Waals surface area contributed by atoms with E-state index in [-0.39, 0.29) is 12.3 Å². The van der Waals surface area contributed by atoms with Gasteiger partial charge in [0, 0.05) is 6.54 Å². The smallest absolute Gasteiger partial charge is 0.411 e. The molecule has 1 unspecified atom stereocenters. The molecule has 2 atom stereocenters. The number of likely N-dealkylation sites (tertiary alicyclic amines) is 1. The predicted octanol–water partition coefficient (Wildman–Crippen LogP) is 1.69. The number of hydrogen-bond acceptors (Lipinski definition) is 6. The molecule has 1 saturated heterocycles. The van der Waals surface area contributed by atoms with Gasteiger partial charge in [0.05, 0.1) is 12.5 Å². The summed E-state index contributed by atoms with van der Waals surface area (Å²) in [5.41, 5.74) is -1.41. The molecular weight excluding hydrogens is 312 g/mol. The minimum Gasteiger partial charge on any atom is -0.458 e. The van der Waals surface area contributed by atoms with E-state index in [4.69, 9.17) is 9.47 Å². The third-order valence-corrected chi connectivity index (χ3v) is 3.29. The molecule has 1 aliphatic heterocycles. The summed E-state index contributed by atoms with van der Waals surface area (Å²) in [6, 6.07) is -0.964. The standard InChI is InChI=1S/C17H30N2O5/c1-16(2,3)23-14(21)13-11(9-18(7)8)12(20)10-19(13)15(22)24-17(4,5)6/h11,13H,9-10H2,1-8H3/t11?,13-/m0/s1. The average Bonchev–Trinajstić information content (AvgIpc) is 2.62. The molecule has 138 valence electrons. The molecule has 1 aliphatic rings. The van der Waals surface area contributed by atoms with Crippen molar-refractivity contribution in [2.75, 3.05) is 27.2 Å². The van der Waals surface area contributed by atoms with Crippen LogP contribution in [0, 0.1) is 5.92 Å². The molecule has 1 amide bonds. The van der Waals surface area contributed by atoms with Crippen molar-refractivity contribution in [1.82, 2.24) is 9.80 Å². The number of rotatable bonds is 3. The molecule has 0 aliphatic carbocycles. The van der Waals surface area contributed by atoms with Gasteiger partial charge < -0.3 is 14.4 Å². The first kappa shape index (κ1) is 20.4. The first-order valence-corrected chi connectivity index (χ1v) is 8.11. The van der Waals surface area contributed by atoms with Gasteiger partial charge >= 0.3 is 12.1 Å². The predicted molar refractivity (Wildman–Crippen MR) is 89.6 cm³/mol. The largest absolute Gasteiger partial charge is 0.458 e. The minimum atomic E-state index is -0.964. The van der Waals surface area contributed by atoms with E-state index in [1.165, 1.54) is 4.90 Å². The molecule has 24 heavy (non-hydrogen) atoms. The maximum Gasteiger partial charge on any atom is 0.411 e. The zero-order chi connectivity index (χ0) is 18.9. The van der Waals surface area contributed by atoms with Crippen molar-refractivity contribution in [2.24, 2.45) is 5.92 Å². The molecule has 0 bridgehead atoms. The fourth-order valence-electron chi connectivity index (χ4n) is 2.52. The van der Waals surface area contributed by atoms with Crippen LogP contribution >= 0.6 is 0 Å². The van der Waals surface area contributed by atoms with E-state index in [2.05, 4.69) is 0 Å². The molecular formula is C17H30N2O5. The number of ketones is 1. The van der Waals surface area contributed by atoms with E-state index in [9.17, 15) is 14.4 Å². The van der Waals surface area contributed by atoms with Crippen LogP contribution in [-0.4, -0.2) is 72.1 Å². The highest BCUT2D eigenvalue weighted by Crippen LogP contribution is 2.27. The summed E-state index contributed by atoms with van der Waals surface area (Å²) in [4.78, 5) is 40.5. The number of esters is 1. The van der Waals surface area contributed by atoms with Crippen LogP contribution in [0.3, 0.4) is 0 Å². The van der Waals surface area contributed by atoms with E-state index in [1.807, 2.05) is 19.0 Å². The molecule has 0 spiro atoms. The first-order chi connectivity index (χ1) is 10.7. The lowest BCUT2D eigenvalue weighted by atomic mass is 9.98. The Balaban J connectivity index is 3.09. The van der Waals surface area contributed by atoms with E-state index >= 15 is 0 Å². The number of carbonyl (C=O) groups is 3. The van der Waals surface area contributed by atoms with Gasteiger partial charge in [-0.1, -0.05) is 0 Å². The summed E-state index contributed by atoms with van der Waals surface area (Å²) in [5.74, 6) is -1.36. The van der Waals surface area contributed by atoms with Gasteiger partial charge in [0.25, 0.3) is 0 Å². The monoisotopic (exact) mass is 342 g/mol. The van der Waals surface area contributed by atoms with Crippen LogP contribution in [0.4, 0.5) is 4.79 Å². The van der Waals surface area contributed by atoms with Gasteiger partial charge in [0.1, 0.15) is 17.2 Å². The lowest BCUT2D eigenvalue weighted by Gasteiger charge is -2.31. The summed E-state index contributed by atoms with van der Waals surface area (Å²) in [6.07, 6.45) is -0.673. The molecule has 0 aromatic carbocycles. The van der Waals surface area contributed by atoms with Gasteiger partial charge in [-0.05, 0) is 55.6 Å². The SMILES string of the molecule is CN(C)CC1C(=O)CN(C(=O)OC(C)(C)C)[C@@H]1C(=O)OC(C)(C)C. The summed E-state index contributed by atoms with van der Waals surface area (Å²) in [6.45, 7) is 10.7. The van der Waals surface area contributed by atoms with Crippen LogP contribution in [0.15, 0.2) is 0 Å². The van der Waals surface area contributed by atoms with Gasteiger partial charge in [0.2, 0.25) is 0 Å². The quantitative estimate of drug-likeness (QED) is 0.727. The molecule has 0 aromatic rings. The topological polar surface area (TPSA) is 76.2 Å². The second-order valence-electron chi connectivity index (χ2n) is 8.42. The van der Waals surface area contributed by atoms with Gasteiger partial charge in [-0.3, -0.25) is 9.69 Å². The van der Waals surface area contributed by atoms with Crippen LogP contribution in [0.1, 0.15) is 41.5 Å². The molecule has 7 heteroatoms. The van der Waals surface area contributed by atoms with Crippen molar-refractivity contribution < 1.29 is 23.9 Å². The number of hydrogen-bond donors (Lipinski definition) is 0. The Morgan fingerprint density at radius 2 is 1.58 bits per heavy atom. The summed E-state index contributed by atoms with van der Waals surface area (Å²) in [7, 11) is 3.63. The van der Waals surface area contributed by atoms with Crippen molar-refractivity contribution in [3.05, 3.63) is 0 Å². The Bertz CT molecular complexity index is 502. The van der Waals surface area contributed by atoms with Gasteiger partial charge in [-0.25, -0.2) is 9.59 Å². The Labute approximate surface area is 144 Å². The van der Waals surface area contributed by atoms with E-state index in [0.29, 0.717) is 6.54 Å². The average molecular weight is 342 g/mol. The van der Waals surface area contributed by atoms with Crippen molar-refractivity contribution in [3.63, 3.8) is 0 Å². The number of nitrogens with zero attached hydrogens (tertiary/aromatic N) is 2. The van der Waals surface area contributed by atoms with Crippen molar-refractivity contribution in [2.45, 2.75) is 58.8 Å². The van der Waals surface area contributed by atoms with E-state index in [0.717, 1.165) is 0 Å². The summed E-state index contributed by atoms with van der Waals surface area (Å²) < 4.78 is 10.8. The normalized spacial score (nSPS) is 22.0. The Morgan fingerprint density at radius 1 is 1.08 bits per heavy atom. The second kappa shape index (κ2) is 7.09. The Kier molecular flexibility index (Phi) is 6.03. The van der Waals surface area contributed by atoms with Crippen LogP contribution in [0.2, 0.25) is 0 Å². The summed E-state index contributed by atoms with van der Waals surface area (Å²) >= 11 is 0. The zero-order valence-corrected chi connectivity index (χ0v) is 16.0. The zero-order valence-electron chi connectivity index (χ0n) is 16.0. The number of amides is 1. The molecule has 0 aromatic heterocycles. The maximum absolute atomic E-state index is 12.6. The highest BCUT2D eigenvalue weighted by molar-refractivity contribution is 5.98. The highest BCUT2D eigenvalue weighted by atomic mass is 16.6. The lowest BCUT2D eigenvalue weighted by Crippen LogP contribution is -2.49. The third kappa shape index (κ3) is 5.78. The fourth-order valence-corrected chi connectivity index (χ4v) is 2.52. The third-order valence-electron chi connectivity index (χ3n) is 3.29. The number of carbonyl (C=O) groups excluding carboxylic acids is 3. The van der Waals surface area contributed by atoms with Crippen molar-refractivity contribution in [3.8, 4) is 0 Å². The number of ether oxygens (including phenoxy) is 2. The van der Waals surface area contributed by atoms with Crippen LogP contribution in [0.5, 0.6) is 0 Å². The van der Waals surface area contributed by atoms with Gasteiger partial charge in [-0.2, -0.15) is 0 Å².